The third-order valence-electron chi connectivity index (χ3n) is 2.07. The molecule has 0 aromatic heterocycles. The van der Waals surface area contributed by atoms with Gasteiger partial charge in [0.2, 0.25) is 5.91 Å². The minimum atomic E-state index is -0.971. The fourth-order valence-corrected chi connectivity index (χ4v) is 1.32. The van der Waals surface area contributed by atoms with Gasteiger partial charge in [-0.05, 0) is 30.7 Å². The molecule has 4 heteroatoms. The van der Waals surface area contributed by atoms with Gasteiger partial charge in [0.25, 0.3) is 0 Å². The quantitative estimate of drug-likeness (QED) is 0.763. The van der Waals surface area contributed by atoms with Gasteiger partial charge in [0, 0.05) is 12.1 Å². The Hall–Kier alpha value is -2.10. The van der Waals surface area contributed by atoms with Gasteiger partial charge in [0.15, 0.2) is 0 Å². The summed E-state index contributed by atoms with van der Waals surface area (Å²) in [5, 5.41) is 11.5. The van der Waals surface area contributed by atoms with Crippen molar-refractivity contribution < 1.29 is 14.7 Å². The number of hydrogen-bond donors (Lipinski definition) is 2. The highest BCUT2D eigenvalue weighted by Crippen LogP contribution is 2.15. The lowest BCUT2D eigenvalue weighted by Gasteiger charge is -2.06. The van der Waals surface area contributed by atoms with E-state index in [4.69, 9.17) is 5.11 Å². The molecule has 0 heterocycles. The van der Waals surface area contributed by atoms with Crippen LogP contribution >= 0.6 is 0 Å². The fraction of sp³-hybridized carbons (Fsp3) is 0.167. The molecule has 84 valence electrons. The zero-order valence-electron chi connectivity index (χ0n) is 8.99. The largest absolute Gasteiger partial charge is 0.478 e. The number of hydrogen-bond acceptors (Lipinski definition) is 2. The van der Waals surface area contributed by atoms with E-state index in [1.165, 1.54) is 12.1 Å². The Morgan fingerprint density at radius 1 is 1.50 bits per heavy atom. The van der Waals surface area contributed by atoms with Gasteiger partial charge in [-0.2, -0.15) is 0 Å². The van der Waals surface area contributed by atoms with Crippen LogP contribution in [0.25, 0.3) is 0 Å². The first kappa shape index (κ1) is 12.0. The molecule has 0 unspecified atom stereocenters. The average Bonchev–Trinajstić information content (AvgIpc) is 2.17. The molecule has 0 aliphatic carbocycles. The highest BCUT2D eigenvalue weighted by atomic mass is 16.4. The molecule has 0 saturated heterocycles. The maximum Gasteiger partial charge on any atom is 0.335 e. The van der Waals surface area contributed by atoms with Crippen molar-refractivity contribution >= 4 is 17.6 Å². The fourth-order valence-electron chi connectivity index (χ4n) is 1.32. The predicted octanol–water partition coefficient (Wildman–Crippen LogP) is 2.21. The second-order valence-electron chi connectivity index (χ2n) is 3.38. The van der Waals surface area contributed by atoms with E-state index >= 15 is 0 Å². The Morgan fingerprint density at radius 2 is 2.19 bits per heavy atom. The number of carbonyl (C=O) groups is 2. The Balaban J connectivity index is 2.85. The smallest absolute Gasteiger partial charge is 0.335 e. The van der Waals surface area contributed by atoms with E-state index in [0.29, 0.717) is 11.3 Å². The first-order valence-electron chi connectivity index (χ1n) is 4.79. The van der Waals surface area contributed by atoms with Crippen LogP contribution in [-0.4, -0.2) is 17.0 Å². The monoisotopic (exact) mass is 219 g/mol. The molecule has 0 fully saturated rings. The van der Waals surface area contributed by atoms with Gasteiger partial charge >= 0.3 is 5.97 Å². The molecule has 0 spiro atoms. The number of carboxylic acids is 1. The molecule has 0 atom stereocenters. The van der Waals surface area contributed by atoms with Crippen LogP contribution in [0.5, 0.6) is 0 Å². The van der Waals surface area contributed by atoms with Crippen LogP contribution in [0, 0.1) is 6.92 Å². The van der Waals surface area contributed by atoms with Gasteiger partial charge in [0.05, 0.1) is 5.56 Å². The summed E-state index contributed by atoms with van der Waals surface area (Å²) >= 11 is 0. The summed E-state index contributed by atoms with van der Waals surface area (Å²) in [4.78, 5) is 22.0. The number of carbonyl (C=O) groups excluding carboxylic acids is 1. The molecule has 1 aromatic rings. The highest BCUT2D eigenvalue weighted by molar-refractivity contribution is 5.93. The first-order chi connectivity index (χ1) is 7.54. The topological polar surface area (TPSA) is 66.4 Å². The number of rotatable bonds is 4. The maximum absolute atomic E-state index is 11.2. The van der Waals surface area contributed by atoms with Crippen LogP contribution < -0.4 is 5.32 Å². The normalized spacial score (nSPS) is 9.56. The van der Waals surface area contributed by atoms with Crippen molar-refractivity contribution in [2.45, 2.75) is 13.3 Å². The molecule has 4 nitrogen and oxygen atoms in total. The summed E-state index contributed by atoms with van der Waals surface area (Å²) in [6.45, 7) is 5.15. The molecule has 0 saturated carbocycles. The lowest BCUT2D eigenvalue weighted by atomic mass is 10.1. The Bertz CT molecular complexity index is 438. The van der Waals surface area contributed by atoms with Crippen LogP contribution in [0.1, 0.15) is 22.3 Å². The molecule has 2 N–H and O–H groups in total. The Morgan fingerprint density at radius 3 is 2.69 bits per heavy atom. The van der Waals surface area contributed by atoms with Crippen molar-refractivity contribution in [1.29, 1.82) is 0 Å². The van der Waals surface area contributed by atoms with Gasteiger partial charge in [-0.1, -0.05) is 6.08 Å². The van der Waals surface area contributed by atoms with E-state index in [0.717, 1.165) is 0 Å². The Kier molecular flexibility index (Phi) is 3.83. The van der Waals surface area contributed by atoms with Crippen molar-refractivity contribution in [2.24, 2.45) is 0 Å². The summed E-state index contributed by atoms with van der Waals surface area (Å²) in [6.07, 6.45) is 1.74. The third-order valence-corrected chi connectivity index (χ3v) is 2.07. The van der Waals surface area contributed by atoms with Crippen molar-refractivity contribution in [3.05, 3.63) is 42.0 Å². The van der Waals surface area contributed by atoms with E-state index in [1.54, 1.807) is 19.1 Å². The SMILES string of the molecule is C=CCC(=O)Nc1ccc(C(=O)O)c(C)c1. The lowest BCUT2D eigenvalue weighted by molar-refractivity contribution is -0.115. The third kappa shape index (κ3) is 2.95. The van der Waals surface area contributed by atoms with Gasteiger partial charge in [-0.15, -0.1) is 6.58 Å². The number of nitrogens with one attached hydrogen (secondary N) is 1. The molecular formula is C12H13NO3. The van der Waals surface area contributed by atoms with Crippen molar-refractivity contribution in [1.82, 2.24) is 0 Å². The average molecular weight is 219 g/mol. The second-order valence-corrected chi connectivity index (χ2v) is 3.38. The molecule has 1 aromatic carbocycles. The predicted molar refractivity (Wildman–Crippen MR) is 61.6 cm³/mol. The number of aryl methyl sites for hydroxylation is 1. The minimum absolute atomic E-state index is 0.169. The van der Waals surface area contributed by atoms with E-state index in [2.05, 4.69) is 11.9 Å². The van der Waals surface area contributed by atoms with E-state index < -0.39 is 5.97 Å². The number of anilines is 1. The zero-order valence-corrected chi connectivity index (χ0v) is 8.99. The van der Waals surface area contributed by atoms with Crippen LogP contribution in [0.2, 0.25) is 0 Å². The number of carboxylic acid groups (broad SMARTS) is 1. The summed E-state index contributed by atoms with van der Waals surface area (Å²) < 4.78 is 0. The molecule has 1 rings (SSSR count). The highest BCUT2D eigenvalue weighted by Gasteiger charge is 2.07. The van der Waals surface area contributed by atoms with Gasteiger partial charge < -0.3 is 10.4 Å². The van der Waals surface area contributed by atoms with Crippen LogP contribution in [-0.2, 0) is 4.79 Å². The molecule has 1 amide bonds. The molecule has 0 bridgehead atoms. The van der Waals surface area contributed by atoms with Gasteiger partial charge in [-0.3, -0.25) is 4.79 Å². The van der Waals surface area contributed by atoms with E-state index in [1.807, 2.05) is 0 Å². The maximum atomic E-state index is 11.2. The standard InChI is InChI=1S/C12H13NO3/c1-3-4-11(14)13-9-5-6-10(12(15)16)8(2)7-9/h3,5-7H,1,4H2,2H3,(H,13,14)(H,15,16). The van der Waals surface area contributed by atoms with Crippen molar-refractivity contribution in [2.75, 3.05) is 5.32 Å². The Labute approximate surface area is 93.6 Å². The molecule has 0 aliphatic heterocycles. The second kappa shape index (κ2) is 5.11. The van der Waals surface area contributed by atoms with Crippen molar-refractivity contribution in [3.63, 3.8) is 0 Å². The summed E-state index contributed by atoms with van der Waals surface area (Å²) in [5.74, 6) is -1.14. The van der Waals surface area contributed by atoms with Crippen LogP contribution in [0.15, 0.2) is 30.9 Å². The summed E-state index contributed by atoms with van der Waals surface area (Å²) in [5.41, 5.74) is 1.44. The minimum Gasteiger partial charge on any atom is -0.478 e. The van der Waals surface area contributed by atoms with E-state index in [9.17, 15) is 9.59 Å². The van der Waals surface area contributed by atoms with E-state index in [-0.39, 0.29) is 17.9 Å². The molecule has 0 aliphatic rings. The molecular weight excluding hydrogens is 206 g/mol. The number of amides is 1. The first-order valence-corrected chi connectivity index (χ1v) is 4.79. The summed E-state index contributed by atoms with van der Waals surface area (Å²) in [7, 11) is 0. The zero-order chi connectivity index (χ0) is 12.1. The van der Waals surface area contributed by atoms with Crippen molar-refractivity contribution in [3.8, 4) is 0 Å². The molecule has 16 heavy (non-hydrogen) atoms. The lowest BCUT2D eigenvalue weighted by Crippen LogP contribution is -2.10. The van der Waals surface area contributed by atoms with Gasteiger partial charge in [0.1, 0.15) is 0 Å². The number of aromatic carboxylic acids is 1. The summed E-state index contributed by atoms with van der Waals surface area (Å²) in [6, 6.07) is 4.67. The molecule has 0 radical (unpaired) electrons. The van der Waals surface area contributed by atoms with Crippen LogP contribution in [0.4, 0.5) is 5.69 Å². The number of benzene rings is 1. The van der Waals surface area contributed by atoms with Gasteiger partial charge in [-0.25, -0.2) is 4.79 Å². The van der Waals surface area contributed by atoms with Crippen LogP contribution in [0.3, 0.4) is 0 Å².